The molecule has 1 heterocycles. The van der Waals surface area contributed by atoms with Gasteiger partial charge in [0.2, 0.25) is 0 Å². The van der Waals surface area contributed by atoms with Gasteiger partial charge >= 0.3 is 0 Å². The molecular weight excluding hydrogens is 355 g/mol. The van der Waals surface area contributed by atoms with Gasteiger partial charge in [0, 0.05) is 10.0 Å². The molecule has 0 aromatic heterocycles. The van der Waals surface area contributed by atoms with Crippen molar-refractivity contribution in [2.45, 2.75) is 0 Å². The van der Waals surface area contributed by atoms with Crippen molar-refractivity contribution >= 4 is 57.8 Å². The number of amides is 1. The first-order valence-electron chi connectivity index (χ1n) is 6.55. The molecule has 7 heteroatoms. The van der Waals surface area contributed by atoms with Gasteiger partial charge in [0.05, 0.1) is 10.6 Å². The zero-order valence-electron chi connectivity index (χ0n) is 11.6. The monoisotopic (exact) mass is 364 g/mol. The van der Waals surface area contributed by atoms with Gasteiger partial charge in [-0.2, -0.15) is 0 Å². The van der Waals surface area contributed by atoms with Gasteiger partial charge in [-0.25, -0.2) is 4.99 Å². The van der Waals surface area contributed by atoms with Crippen LogP contribution in [0.4, 0.5) is 5.69 Å². The molecule has 0 atom stereocenters. The minimum Gasteiger partial charge on any atom is -0.508 e. The Kier molecular flexibility index (Phi) is 4.61. The lowest BCUT2D eigenvalue weighted by atomic mass is 10.2. The molecule has 0 spiro atoms. The Morgan fingerprint density at radius 2 is 1.87 bits per heavy atom. The standard InChI is InChI=1S/C16H10Cl2N2O2S/c17-10-2-1-9(13(18)8-10)7-14-15(22)20-16(23-14)19-11-3-5-12(21)6-4-11/h1-8,21H,(H,19,20,22)/b14-7+. The van der Waals surface area contributed by atoms with Crippen LogP contribution in [0, 0.1) is 0 Å². The second-order valence-electron chi connectivity index (χ2n) is 4.66. The van der Waals surface area contributed by atoms with E-state index in [1.807, 2.05) is 0 Å². The second-order valence-corrected chi connectivity index (χ2v) is 6.54. The van der Waals surface area contributed by atoms with Gasteiger partial charge in [-0.15, -0.1) is 0 Å². The Labute approximate surface area is 146 Å². The van der Waals surface area contributed by atoms with Crippen LogP contribution in [0.1, 0.15) is 5.56 Å². The lowest BCUT2D eigenvalue weighted by Crippen LogP contribution is -2.19. The smallest absolute Gasteiger partial charge is 0.264 e. The number of nitrogens with zero attached hydrogens (tertiary/aromatic N) is 1. The van der Waals surface area contributed by atoms with E-state index in [2.05, 4.69) is 10.3 Å². The molecule has 23 heavy (non-hydrogen) atoms. The van der Waals surface area contributed by atoms with Gasteiger partial charge in [-0.3, -0.25) is 4.79 Å². The van der Waals surface area contributed by atoms with Crippen LogP contribution in [-0.2, 0) is 4.79 Å². The first kappa shape index (κ1) is 15.9. The van der Waals surface area contributed by atoms with Crippen LogP contribution in [0.3, 0.4) is 0 Å². The van der Waals surface area contributed by atoms with E-state index in [1.54, 1.807) is 36.4 Å². The molecule has 2 N–H and O–H groups in total. The van der Waals surface area contributed by atoms with Crippen LogP contribution in [0.15, 0.2) is 52.4 Å². The molecule has 1 amide bonds. The summed E-state index contributed by atoms with van der Waals surface area (Å²) in [6.07, 6.45) is 1.69. The topological polar surface area (TPSA) is 61.7 Å². The number of aliphatic imine (C=N–C) groups is 1. The van der Waals surface area contributed by atoms with Gasteiger partial charge in [0.1, 0.15) is 5.75 Å². The lowest BCUT2D eigenvalue weighted by molar-refractivity contribution is -0.115. The van der Waals surface area contributed by atoms with E-state index in [0.717, 1.165) is 0 Å². The fraction of sp³-hybridized carbons (Fsp3) is 0. The number of phenols is 1. The summed E-state index contributed by atoms with van der Waals surface area (Å²) in [7, 11) is 0. The molecule has 4 nitrogen and oxygen atoms in total. The SMILES string of the molecule is O=C1NC(=Nc2ccc(O)cc2)S/C1=C/c1ccc(Cl)cc1Cl. The predicted octanol–water partition coefficient (Wildman–Crippen LogP) is 4.59. The Bertz CT molecular complexity index is 832. The van der Waals surface area contributed by atoms with Crippen LogP contribution in [-0.4, -0.2) is 16.2 Å². The van der Waals surface area contributed by atoms with Crippen molar-refractivity contribution in [3.8, 4) is 5.75 Å². The van der Waals surface area contributed by atoms with E-state index in [1.165, 1.54) is 23.9 Å². The molecule has 0 radical (unpaired) electrons. The Hall–Kier alpha value is -1.95. The van der Waals surface area contributed by atoms with E-state index in [4.69, 9.17) is 23.2 Å². The number of amidine groups is 1. The van der Waals surface area contributed by atoms with E-state index >= 15 is 0 Å². The number of carbonyl (C=O) groups excluding carboxylic acids is 1. The highest BCUT2D eigenvalue weighted by Crippen LogP contribution is 2.31. The highest BCUT2D eigenvalue weighted by atomic mass is 35.5. The predicted molar refractivity (Wildman–Crippen MR) is 95.4 cm³/mol. The zero-order chi connectivity index (χ0) is 16.4. The third-order valence-electron chi connectivity index (χ3n) is 2.98. The van der Waals surface area contributed by atoms with Crippen LogP contribution in [0.25, 0.3) is 6.08 Å². The highest BCUT2D eigenvalue weighted by Gasteiger charge is 2.24. The summed E-state index contributed by atoms with van der Waals surface area (Å²) in [6.45, 7) is 0. The first-order valence-corrected chi connectivity index (χ1v) is 8.12. The number of nitrogens with one attached hydrogen (secondary N) is 1. The number of phenolic OH excluding ortho intramolecular Hbond substituents is 1. The number of aromatic hydroxyl groups is 1. The van der Waals surface area contributed by atoms with E-state index in [-0.39, 0.29) is 11.7 Å². The summed E-state index contributed by atoms with van der Waals surface area (Å²) in [5, 5.41) is 13.4. The maximum absolute atomic E-state index is 12.0. The lowest BCUT2D eigenvalue weighted by Gasteiger charge is -1.99. The molecule has 1 aliphatic heterocycles. The quantitative estimate of drug-likeness (QED) is 0.766. The second kappa shape index (κ2) is 6.66. The summed E-state index contributed by atoms with van der Waals surface area (Å²) in [4.78, 5) is 16.8. The van der Waals surface area contributed by atoms with Crippen LogP contribution < -0.4 is 5.32 Å². The van der Waals surface area contributed by atoms with E-state index in [0.29, 0.717) is 31.4 Å². The molecular formula is C16H10Cl2N2O2S. The van der Waals surface area contributed by atoms with Gasteiger partial charge < -0.3 is 10.4 Å². The van der Waals surface area contributed by atoms with Gasteiger partial charge in [-0.05, 0) is 59.8 Å². The van der Waals surface area contributed by atoms with Crippen LogP contribution in [0.5, 0.6) is 5.75 Å². The number of hydrogen-bond acceptors (Lipinski definition) is 4. The fourth-order valence-electron chi connectivity index (χ4n) is 1.88. The number of rotatable bonds is 2. The minimum absolute atomic E-state index is 0.162. The summed E-state index contributed by atoms with van der Waals surface area (Å²) in [6, 6.07) is 11.5. The molecule has 0 bridgehead atoms. The third-order valence-corrected chi connectivity index (χ3v) is 4.45. The fourth-order valence-corrected chi connectivity index (χ4v) is 3.18. The minimum atomic E-state index is -0.237. The summed E-state index contributed by atoms with van der Waals surface area (Å²) in [5.41, 5.74) is 1.34. The van der Waals surface area contributed by atoms with Crippen molar-refractivity contribution in [3.05, 3.63) is 63.0 Å². The summed E-state index contributed by atoms with van der Waals surface area (Å²) >= 11 is 13.2. The van der Waals surface area contributed by atoms with Gasteiger partial charge in [0.25, 0.3) is 5.91 Å². The van der Waals surface area contributed by atoms with Crippen molar-refractivity contribution in [2.75, 3.05) is 0 Å². The molecule has 3 rings (SSSR count). The molecule has 2 aromatic carbocycles. The maximum atomic E-state index is 12.0. The maximum Gasteiger partial charge on any atom is 0.264 e. The highest BCUT2D eigenvalue weighted by molar-refractivity contribution is 8.18. The number of thioether (sulfide) groups is 1. The van der Waals surface area contributed by atoms with E-state index < -0.39 is 0 Å². The third kappa shape index (κ3) is 3.88. The Morgan fingerprint density at radius 1 is 1.13 bits per heavy atom. The molecule has 0 saturated carbocycles. The molecule has 1 aliphatic rings. The van der Waals surface area contributed by atoms with Crippen molar-refractivity contribution in [1.29, 1.82) is 0 Å². The number of halogens is 2. The average molecular weight is 365 g/mol. The average Bonchev–Trinajstić information content (AvgIpc) is 2.84. The largest absolute Gasteiger partial charge is 0.508 e. The summed E-state index contributed by atoms with van der Waals surface area (Å²) in [5.74, 6) is -0.0754. The summed E-state index contributed by atoms with van der Waals surface area (Å²) < 4.78 is 0. The molecule has 116 valence electrons. The van der Waals surface area contributed by atoms with Crippen LogP contribution >= 0.6 is 35.0 Å². The molecule has 1 saturated heterocycles. The van der Waals surface area contributed by atoms with Crippen molar-refractivity contribution in [3.63, 3.8) is 0 Å². The van der Waals surface area contributed by atoms with Crippen LogP contribution in [0.2, 0.25) is 10.0 Å². The Morgan fingerprint density at radius 3 is 2.57 bits per heavy atom. The van der Waals surface area contributed by atoms with Gasteiger partial charge in [0.15, 0.2) is 5.17 Å². The van der Waals surface area contributed by atoms with Gasteiger partial charge in [-0.1, -0.05) is 29.3 Å². The van der Waals surface area contributed by atoms with E-state index in [9.17, 15) is 9.90 Å². The molecule has 2 aromatic rings. The Balaban J connectivity index is 1.84. The normalized spacial score (nSPS) is 17.7. The van der Waals surface area contributed by atoms with Crippen molar-refractivity contribution in [1.82, 2.24) is 5.32 Å². The van der Waals surface area contributed by atoms with Crippen molar-refractivity contribution < 1.29 is 9.90 Å². The number of hydrogen-bond donors (Lipinski definition) is 2. The first-order chi connectivity index (χ1) is 11.0. The zero-order valence-corrected chi connectivity index (χ0v) is 13.9. The number of carbonyl (C=O) groups is 1. The molecule has 0 unspecified atom stereocenters. The van der Waals surface area contributed by atoms with Crippen molar-refractivity contribution in [2.24, 2.45) is 4.99 Å². The number of benzene rings is 2. The molecule has 1 fully saturated rings. The molecule has 0 aliphatic carbocycles.